The molecule has 2 aromatic rings. The number of anilines is 1. The molecule has 1 aliphatic heterocycles. The largest absolute Gasteiger partial charge is 0.366 e. The Balaban J connectivity index is 1.74. The summed E-state index contributed by atoms with van der Waals surface area (Å²) in [6.45, 7) is 4.93. The molecule has 0 saturated carbocycles. The minimum absolute atomic E-state index is 0.0816. The zero-order valence-electron chi connectivity index (χ0n) is 12.8. The molecule has 114 valence electrons. The van der Waals surface area contributed by atoms with Gasteiger partial charge in [-0.15, -0.1) is 0 Å². The maximum atomic E-state index is 11.6. The first-order valence-corrected chi connectivity index (χ1v) is 7.39. The maximum absolute atomic E-state index is 11.6. The molecule has 1 N–H and O–H groups in total. The predicted molar refractivity (Wildman–Crippen MR) is 83.1 cm³/mol. The summed E-state index contributed by atoms with van der Waals surface area (Å²) in [5, 5.41) is 3.29. The number of hydrogen-bond acceptors (Lipinski definition) is 5. The summed E-state index contributed by atoms with van der Waals surface area (Å²) in [5.41, 5.74) is 2.00. The van der Waals surface area contributed by atoms with E-state index in [2.05, 4.69) is 20.3 Å². The fraction of sp³-hybridized carbons (Fsp3) is 0.375. The number of carbonyl (C=O) groups excluding carboxylic acids is 1. The van der Waals surface area contributed by atoms with Crippen molar-refractivity contribution in [1.82, 2.24) is 19.9 Å². The lowest BCUT2D eigenvalue weighted by molar-refractivity contribution is -0.136. The van der Waals surface area contributed by atoms with Crippen LogP contribution in [0.2, 0.25) is 0 Å². The number of hydrogen-bond donors (Lipinski definition) is 1. The molecule has 0 bridgehead atoms. The Morgan fingerprint density at radius 3 is 2.95 bits per heavy atom. The third-order valence-electron chi connectivity index (χ3n) is 3.82. The summed E-state index contributed by atoms with van der Waals surface area (Å²) in [7, 11) is 0. The summed E-state index contributed by atoms with van der Waals surface area (Å²) in [6, 6.07) is 5.94. The van der Waals surface area contributed by atoms with Crippen LogP contribution in [0.4, 0.5) is 5.82 Å². The lowest BCUT2D eigenvalue weighted by Crippen LogP contribution is -2.44. The van der Waals surface area contributed by atoms with Gasteiger partial charge in [-0.2, -0.15) is 0 Å². The van der Waals surface area contributed by atoms with Crippen molar-refractivity contribution in [3.8, 4) is 0 Å². The van der Waals surface area contributed by atoms with Gasteiger partial charge in [-0.3, -0.25) is 9.78 Å². The van der Waals surface area contributed by atoms with Crippen molar-refractivity contribution in [1.29, 1.82) is 0 Å². The number of aryl methyl sites for hydroxylation is 1. The van der Waals surface area contributed by atoms with Gasteiger partial charge in [0.2, 0.25) is 5.91 Å². The molecule has 1 atom stereocenters. The molecule has 0 spiro atoms. The second-order valence-corrected chi connectivity index (χ2v) is 5.46. The summed E-state index contributed by atoms with van der Waals surface area (Å²) in [5.74, 6) is 1.58. The van der Waals surface area contributed by atoms with E-state index in [4.69, 9.17) is 0 Å². The SMILES string of the molecule is CC(=O)N1CC[C@@H]1c1cc(NCc2cccnc2)nc(C)n1. The van der Waals surface area contributed by atoms with Gasteiger partial charge >= 0.3 is 0 Å². The molecule has 3 heterocycles. The molecular formula is C16H19N5O. The number of rotatable bonds is 4. The molecule has 0 radical (unpaired) electrons. The van der Waals surface area contributed by atoms with Crippen LogP contribution < -0.4 is 5.32 Å². The molecule has 3 rings (SSSR count). The van der Waals surface area contributed by atoms with Crippen LogP contribution >= 0.6 is 0 Å². The zero-order chi connectivity index (χ0) is 15.5. The molecule has 6 heteroatoms. The first-order valence-electron chi connectivity index (χ1n) is 7.39. The second kappa shape index (κ2) is 6.09. The third-order valence-corrected chi connectivity index (χ3v) is 3.82. The highest BCUT2D eigenvalue weighted by atomic mass is 16.2. The van der Waals surface area contributed by atoms with E-state index in [1.54, 1.807) is 13.1 Å². The number of pyridine rings is 1. The van der Waals surface area contributed by atoms with Gasteiger partial charge in [-0.05, 0) is 25.0 Å². The van der Waals surface area contributed by atoms with E-state index >= 15 is 0 Å². The van der Waals surface area contributed by atoms with Crippen molar-refractivity contribution in [2.24, 2.45) is 0 Å². The fourth-order valence-electron chi connectivity index (χ4n) is 2.62. The van der Waals surface area contributed by atoms with Crippen LogP contribution in [0, 0.1) is 6.92 Å². The number of aromatic nitrogens is 3. The van der Waals surface area contributed by atoms with Crippen molar-refractivity contribution >= 4 is 11.7 Å². The molecule has 22 heavy (non-hydrogen) atoms. The highest BCUT2D eigenvalue weighted by Gasteiger charge is 2.32. The molecule has 1 amide bonds. The quantitative estimate of drug-likeness (QED) is 0.935. The first-order chi connectivity index (χ1) is 10.6. The van der Waals surface area contributed by atoms with Crippen molar-refractivity contribution in [3.63, 3.8) is 0 Å². The van der Waals surface area contributed by atoms with Crippen LogP contribution in [0.25, 0.3) is 0 Å². The third kappa shape index (κ3) is 3.05. The summed E-state index contributed by atoms with van der Waals surface area (Å²) >= 11 is 0. The van der Waals surface area contributed by atoms with E-state index in [9.17, 15) is 4.79 Å². The number of nitrogens with zero attached hydrogens (tertiary/aromatic N) is 4. The molecule has 0 unspecified atom stereocenters. The smallest absolute Gasteiger partial charge is 0.220 e. The molecule has 2 aromatic heterocycles. The highest BCUT2D eigenvalue weighted by molar-refractivity contribution is 5.74. The Morgan fingerprint density at radius 2 is 2.32 bits per heavy atom. The van der Waals surface area contributed by atoms with Gasteiger partial charge in [-0.25, -0.2) is 9.97 Å². The predicted octanol–water partition coefficient (Wildman–Crippen LogP) is 2.09. The Kier molecular flexibility index (Phi) is 4.00. The van der Waals surface area contributed by atoms with E-state index < -0.39 is 0 Å². The van der Waals surface area contributed by atoms with Crippen LogP contribution in [-0.2, 0) is 11.3 Å². The van der Waals surface area contributed by atoms with Crippen molar-refractivity contribution < 1.29 is 4.79 Å². The lowest BCUT2D eigenvalue weighted by Gasteiger charge is -2.40. The summed E-state index contributed by atoms with van der Waals surface area (Å²) in [6.07, 6.45) is 4.53. The number of likely N-dealkylation sites (tertiary alicyclic amines) is 1. The second-order valence-electron chi connectivity index (χ2n) is 5.46. The van der Waals surface area contributed by atoms with E-state index in [1.165, 1.54) is 0 Å². The molecule has 6 nitrogen and oxygen atoms in total. The van der Waals surface area contributed by atoms with Crippen LogP contribution in [0.15, 0.2) is 30.6 Å². The van der Waals surface area contributed by atoms with Crippen molar-refractivity contribution in [2.75, 3.05) is 11.9 Å². The monoisotopic (exact) mass is 297 g/mol. The number of carbonyl (C=O) groups is 1. The summed E-state index contributed by atoms with van der Waals surface area (Å²) in [4.78, 5) is 26.4. The van der Waals surface area contributed by atoms with Crippen molar-refractivity contribution in [2.45, 2.75) is 32.9 Å². The Hall–Kier alpha value is -2.50. The van der Waals surface area contributed by atoms with E-state index in [0.717, 1.165) is 30.0 Å². The molecule has 1 saturated heterocycles. The van der Waals surface area contributed by atoms with Gasteiger partial charge in [0.25, 0.3) is 0 Å². The molecule has 1 fully saturated rings. The number of nitrogens with one attached hydrogen (secondary N) is 1. The molecule has 0 aliphatic carbocycles. The minimum atomic E-state index is 0.0816. The number of amides is 1. The van der Waals surface area contributed by atoms with Gasteiger partial charge in [0.15, 0.2) is 0 Å². The fourth-order valence-corrected chi connectivity index (χ4v) is 2.62. The highest BCUT2D eigenvalue weighted by Crippen LogP contribution is 2.32. The molecular weight excluding hydrogens is 278 g/mol. The minimum Gasteiger partial charge on any atom is -0.366 e. The molecule has 1 aliphatic rings. The topological polar surface area (TPSA) is 71.0 Å². The Morgan fingerprint density at radius 1 is 1.45 bits per heavy atom. The first kappa shape index (κ1) is 14.4. The van der Waals surface area contributed by atoms with E-state index in [0.29, 0.717) is 12.4 Å². The standard InChI is InChI=1S/C16H19N5O/c1-11-19-14(15-5-7-21(15)12(2)22)8-16(20-11)18-10-13-4-3-6-17-9-13/h3-4,6,8-9,15H,5,7,10H2,1-2H3,(H,18,19,20)/t15-/m1/s1. The van der Waals surface area contributed by atoms with Crippen LogP contribution in [-0.4, -0.2) is 32.3 Å². The molecule has 0 aromatic carbocycles. The Bertz CT molecular complexity index is 673. The van der Waals surface area contributed by atoms with Crippen molar-refractivity contribution in [3.05, 3.63) is 47.7 Å². The maximum Gasteiger partial charge on any atom is 0.220 e. The van der Waals surface area contributed by atoms with E-state index in [-0.39, 0.29) is 11.9 Å². The van der Waals surface area contributed by atoms with Gasteiger partial charge < -0.3 is 10.2 Å². The average molecular weight is 297 g/mol. The lowest BCUT2D eigenvalue weighted by atomic mass is 9.99. The average Bonchev–Trinajstić information content (AvgIpc) is 2.44. The summed E-state index contributed by atoms with van der Waals surface area (Å²) < 4.78 is 0. The van der Waals surface area contributed by atoms with Gasteiger partial charge in [0.1, 0.15) is 11.6 Å². The normalized spacial score (nSPS) is 17.0. The van der Waals surface area contributed by atoms with Crippen LogP contribution in [0.3, 0.4) is 0 Å². The van der Waals surface area contributed by atoms with Crippen LogP contribution in [0.1, 0.15) is 36.5 Å². The van der Waals surface area contributed by atoms with E-state index in [1.807, 2.05) is 36.2 Å². The van der Waals surface area contributed by atoms with Gasteiger partial charge in [0.05, 0.1) is 11.7 Å². The van der Waals surface area contributed by atoms with Gasteiger partial charge in [-0.1, -0.05) is 6.07 Å². The Labute approximate surface area is 129 Å². The van der Waals surface area contributed by atoms with Crippen LogP contribution in [0.5, 0.6) is 0 Å². The van der Waals surface area contributed by atoms with Gasteiger partial charge in [0, 0.05) is 38.5 Å². The zero-order valence-corrected chi connectivity index (χ0v) is 12.8.